The Kier molecular flexibility index (Phi) is 4.64. The Hall–Kier alpha value is -2.25. The predicted octanol–water partition coefficient (Wildman–Crippen LogP) is 2.62. The van der Waals surface area contributed by atoms with Crippen LogP contribution in [-0.4, -0.2) is 31.2 Å². The first-order valence-electron chi connectivity index (χ1n) is 7.62. The van der Waals surface area contributed by atoms with Gasteiger partial charge >= 0.3 is 0 Å². The summed E-state index contributed by atoms with van der Waals surface area (Å²) in [5.74, 6) is -1.22. The Bertz CT molecular complexity index is 840. The summed E-state index contributed by atoms with van der Waals surface area (Å²) >= 11 is 0. The van der Waals surface area contributed by atoms with Gasteiger partial charge in [-0.25, -0.2) is 12.8 Å². The predicted molar refractivity (Wildman–Crippen MR) is 88.4 cm³/mol. The molecule has 7 heteroatoms. The van der Waals surface area contributed by atoms with E-state index in [1.165, 1.54) is 18.2 Å². The van der Waals surface area contributed by atoms with Crippen molar-refractivity contribution >= 4 is 21.6 Å². The molecule has 0 radical (unpaired) electrons. The topological polar surface area (TPSA) is 66.5 Å². The molecule has 1 amide bonds. The summed E-state index contributed by atoms with van der Waals surface area (Å²) in [5, 5.41) is 2.71. The van der Waals surface area contributed by atoms with Crippen molar-refractivity contribution in [1.29, 1.82) is 0 Å². The summed E-state index contributed by atoms with van der Waals surface area (Å²) in [6.07, 6.45) is 0.965. The van der Waals surface area contributed by atoms with Crippen LogP contribution in [0.15, 0.2) is 59.5 Å². The molecular formula is C17H17FN2O3S. The third-order valence-electron chi connectivity index (χ3n) is 3.97. The summed E-state index contributed by atoms with van der Waals surface area (Å²) in [6.45, 7) is 0.198. The molecule has 2 aromatic carbocycles. The Labute approximate surface area is 140 Å². The molecule has 3 rings (SSSR count). The van der Waals surface area contributed by atoms with E-state index >= 15 is 0 Å². The number of nitrogens with zero attached hydrogens (tertiary/aromatic N) is 1. The summed E-state index contributed by atoms with van der Waals surface area (Å²) < 4.78 is 40.5. The van der Waals surface area contributed by atoms with Crippen LogP contribution in [0.2, 0.25) is 0 Å². The van der Waals surface area contributed by atoms with Gasteiger partial charge < -0.3 is 5.32 Å². The first-order valence-corrected chi connectivity index (χ1v) is 9.06. The van der Waals surface area contributed by atoms with Crippen LogP contribution in [0.4, 0.5) is 10.1 Å². The van der Waals surface area contributed by atoms with Crippen LogP contribution in [0.1, 0.15) is 12.8 Å². The lowest BCUT2D eigenvalue weighted by Crippen LogP contribution is -2.43. The van der Waals surface area contributed by atoms with Crippen LogP contribution in [-0.2, 0) is 14.8 Å². The number of benzene rings is 2. The van der Waals surface area contributed by atoms with E-state index in [9.17, 15) is 17.6 Å². The number of hydrogen-bond donors (Lipinski definition) is 1. The third-order valence-corrected chi connectivity index (χ3v) is 5.91. The molecule has 1 saturated heterocycles. The number of halogens is 1. The Balaban J connectivity index is 1.85. The van der Waals surface area contributed by atoms with Gasteiger partial charge in [-0.1, -0.05) is 30.3 Å². The minimum atomic E-state index is -4.06. The average molecular weight is 348 g/mol. The smallest absolute Gasteiger partial charge is 0.246 e. The molecule has 1 N–H and O–H groups in total. The highest BCUT2D eigenvalue weighted by molar-refractivity contribution is 7.89. The van der Waals surface area contributed by atoms with Gasteiger partial charge in [0.05, 0.1) is 0 Å². The third kappa shape index (κ3) is 3.18. The molecule has 24 heavy (non-hydrogen) atoms. The van der Waals surface area contributed by atoms with Gasteiger partial charge in [0.1, 0.15) is 16.8 Å². The lowest BCUT2D eigenvalue weighted by Gasteiger charge is -2.23. The van der Waals surface area contributed by atoms with Crippen molar-refractivity contribution in [2.24, 2.45) is 0 Å². The van der Waals surface area contributed by atoms with E-state index in [2.05, 4.69) is 5.32 Å². The highest BCUT2D eigenvalue weighted by atomic mass is 32.2. The maximum Gasteiger partial charge on any atom is 0.246 e. The Morgan fingerprint density at radius 3 is 2.46 bits per heavy atom. The molecule has 1 aliphatic heterocycles. The number of para-hydroxylation sites is 1. The second kappa shape index (κ2) is 6.70. The normalized spacial score (nSPS) is 18.5. The lowest BCUT2D eigenvalue weighted by molar-refractivity contribution is -0.119. The molecule has 0 aromatic heterocycles. The van der Waals surface area contributed by atoms with Crippen LogP contribution >= 0.6 is 0 Å². The SMILES string of the molecule is O=C(Nc1ccccc1)C1CCCN1S(=O)(=O)c1ccccc1F. The average Bonchev–Trinajstić information content (AvgIpc) is 3.06. The van der Waals surface area contributed by atoms with Crippen molar-refractivity contribution in [3.63, 3.8) is 0 Å². The van der Waals surface area contributed by atoms with E-state index in [4.69, 9.17) is 0 Å². The molecule has 126 valence electrons. The minimum Gasteiger partial charge on any atom is -0.325 e. The number of sulfonamides is 1. The first kappa shape index (κ1) is 16.6. The summed E-state index contributed by atoms with van der Waals surface area (Å²) in [7, 11) is -4.06. The number of rotatable bonds is 4. The van der Waals surface area contributed by atoms with Crippen LogP contribution in [0.5, 0.6) is 0 Å². The lowest BCUT2D eigenvalue weighted by atomic mass is 10.2. The second-order valence-electron chi connectivity index (χ2n) is 5.56. The molecule has 0 aliphatic carbocycles. The van der Waals surface area contributed by atoms with Crippen molar-refractivity contribution in [2.75, 3.05) is 11.9 Å². The number of hydrogen-bond acceptors (Lipinski definition) is 3. The molecular weight excluding hydrogens is 331 g/mol. The molecule has 0 bridgehead atoms. The molecule has 5 nitrogen and oxygen atoms in total. The highest BCUT2D eigenvalue weighted by Gasteiger charge is 2.40. The van der Waals surface area contributed by atoms with Gasteiger partial charge in [0.2, 0.25) is 15.9 Å². The fourth-order valence-corrected chi connectivity index (χ4v) is 4.54. The van der Waals surface area contributed by atoms with Crippen LogP contribution in [0.25, 0.3) is 0 Å². The number of amides is 1. The minimum absolute atomic E-state index is 0.198. The zero-order chi connectivity index (χ0) is 17.2. The number of carbonyl (C=O) groups is 1. The van der Waals surface area contributed by atoms with Crippen molar-refractivity contribution in [3.8, 4) is 0 Å². The molecule has 1 fully saturated rings. The van der Waals surface area contributed by atoms with Gasteiger partial charge in [-0.15, -0.1) is 0 Å². The fraction of sp³-hybridized carbons (Fsp3) is 0.235. The molecule has 1 heterocycles. The molecule has 1 unspecified atom stereocenters. The van der Waals surface area contributed by atoms with Gasteiger partial charge in [0.25, 0.3) is 0 Å². The van der Waals surface area contributed by atoms with Crippen molar-refractivity contribution in [1.82, 2.24) is 4.31 Å². The largest absolute Gasteiger partial charge is 0.325 e. The molecule has 0 spiro atoms. The van der Waals surface area contributed by atoms with Crippen molar-refractivity contribution in [3.05, 3.63) is 60.4 Å². The Morgan fingerprint density at radius 1 is 1.08 bits per heavy atom. The maximum absolute atomic E-state index is 13.9. The van der Waals surface area contributed by atoms with Crippen LogP contribution in [0.3, 0.4) is 0 Å². The zero-order valence-corrected chi connectivity index (χ0v) is 13.7. The van der Waals surface area contributed by atoms with E-state index in [1.807, 2.05) is 6.07 Å². The maximum atomic E-state index is 13.9. The quantitative estimate of drug-likeness (QED) is 0.924. The molecule has 2 aromatic rings. The molecule has 1 atom stereocenters. The summed E-state index contributed by atoms with van der Waals surface area (Å²) in [5.41, 5.74) is 0.595. The highest BCUT2D eigenvalue weighted by Crippen LogP contribution is 2.28. The van der Waals surface area contributed by atoms with Crippen molar-refractivity contribution < 1.29 is 17.6 Å². The van der Waals surface area contributed by atoms with E-state index < -0.39 is 32.7 Å². The Morgan fingerprint density at radius 2 is 1.75 bits per heavy atom. The standard InChI is InChI=1S/C17H17FN2O3S/c18-14-9-4-5-11-16(14)24(22,23)20-12-6-10-15(20)17(21)19-13-7-2-1-3-8-13/h1-5,7-9,11,15H,6,10,12H2,(H,19,21). The van der Waals surface area contributed by atoms with Crippen molar-refractivity contribution in [2.45, 2.75) is 23.8 Å². The van der Waals surface area contributed by atoms with Gasteiger partial charge in [0, 0.05) is 12.2 Å². The first-order chi connectivity index (χ1) is 11.5. The number of anilines is 1. The van der Waals surface area contributed by atoms with Gasteiger partial charge in [-0.3, -0.25) is 4.79 Å². The number of nitrogens with one attached hydrogen (secondary N) is 1. The van der Waals surface area contributed by atoms with E-state index in [0.29, 0.717) is 18.5 Å². The van der Waals surface area contributed by atoms with Crippen LogP contribution < -0.4 is 5.32 Å². The van der Waals surface area contributed by atoms with E-state index in [0.717, 1.165) is 10.4 Å². The monoisotopic (exact) mass is 348 g/mol. The van der Waals surface area contributed by atoms with Gasteiger partial charge in [-0.2, -0.15) is 4.31 Å². The van der Waals surface area contributed by atoms with E-state index in [-0.39, 0.29) is 6.54 Å². The second-order valence-corrected chi connectivity index (χ2v) is 7.42. The van der Waals surface area contributed by atoms with Gasteiger partial charge in [-0.05, 0) is 37.1 Å². The summed E-state index contributed by atoms with van der Waals surface area (Å²) in [6, 6.07) is 13.2. The molecule has 0 saturated carbocycles. The number of carbonyl (C=O) groups excluding carboxylic acids is 1. The van der Waals surface area contributed by atoms with E-state index in [1.54, 1.807) is 24.3 Å². The van der Waals surface area contributed by atoms with Crippen LogP contribution in [0, 0.1) is 5.82 Å². The fourth-order valence-electron chi connectivity index (χ4n) is 2.82. The molecule has 1 aliphatic rings. The van der Waals surface area contributed by atoms with Gasteiger partial charge in [0.15, 0.2) is 0 Å². The zero-order valence-electron chi connectivity index (χ0n) is 12.9. The summed E-state index contributed by atoms with van der Waals surface area (Å²) in [4.78, 5) is 12.1.